The van der Waals surface area contributed by atoms with Crippen LogP contribution < -0.4 is 35.4 Å². The SMILES string of the molecule is COc1ccc(N2CCC(NC(=S)Nc3ccc(S(=O)(=N[Si](c4ccccc4)(c4ccccc4)C(C)(C)C)NC4CCCCC4)cc3)C2)cc1. The zero-order valence-corrected chi connectivity index (χ0v) is 32.4. The van der Waals surface area contributed by atoms with E-state index < -0.39 is 18.2 Å². The van der Waals surface area contributed by atoms with Gasteiger partial charge in [0.25, 0.3) is 8.24 Å². The van der Waals surface area contributed by atoms with E-state index >= 15 is 4.21 Å². The van der Waals surface area contributed by atoms with E-state index in [1.54, 1.807) is 7.11 Å². The Hall–Kier alpha value is -3.70. The number of benzene rings is 4. The van der Waals surface area contributed by atoms with E-state index in [0.29, 0.717) is 10.0 Å². The molecule has 10 heteroatoms. The molecule has 1 saturated carbocycles. The molecule has 0 aromatic heterocycles. The Morgan fingerprint density at radius 2 is 1.42 bits per heavy atom. The van der Waals surface area contributed by atoms with Crippen LogP contribution in [0.5, 0.6) is 5.75 Å². The molecule has 4 aromatic carbocycles. The van der Waals surface area contributed by atoms with Gasteiger partial charge in [0, 0.05) is 36.5 Å². The monoisotopic (exact) mass is 725 g/mol. The molecule has 0 radical (unpaired) electrons. The molecule has 7 nitrogen and oxygen atoms in total. The van der Waals surface area contributed by atoms with Crippen LogP contribution in [-0.2, 0) is 9.92 Å². The molecule has 6 rings (SSSR count). The summed E-state index contributed by atoms with van der Waals surface area (Å²) in [5.74, 6) is 0.858. The third-order valence-electron chi connectivity index (χ3n) is 10.1. The van der Waals surface area contributed by atoms with Crippen molar-refractivity contribution in [3.63, 3.8) is 0 Å². The second-order valence-electron chi connectivity index (χ2n) is 14.5. The highest BCUT2D eigenvalue weighted by molar-refractivity contribution is 7.92. The first-order valence-electron chi connectivity index (χ1n) is 17.8. The van der Waals surface area contributed by atoms with Crippen molar-refractivity contribution < 1.29 is 8.95 Å². The lowest BCUT2D eigenvalue weighted by atomic mass is 9.96. The molecule has 3 N–H and O–H groups in total. The largest absolute Gasteiger partial charge is 0.497 e. The minimum absolute atomic E-state index is 0.150. The summed E-state index contributed by atoms with van der Waals surface area (Å²) in [5, 5.41) is 9.50. The molecule has 50 heavy (non-hydrogen) atoms. The van der Waals surface area contributed by atoms with Crippen molar-refractivity contribution in [3.05, 3.63) is 109 Å². The quantitative estimate of drug-likeness (QED) is 0.116. The van der Waals surface area contributed by atoms with Crippen molar-refractivity contribution in [2.45, 2.75) is 81.3 Å². The van der Waals surface area contributed by atoms with Crippen LogP contribution in [0.25, 0.3) is 0 Å². The van der Waals surface area contributed by atoms with Crippen molar-refractivity contribution in [3.8, 4) is 5.75 Å². The minimum atomic E-state index is -3.06. The third-order valence-corrected chi connectivity index (χ3v) is 18.5. The van der Waals surface area contributed by atoms with E-state index in [1.165, 1.54) is 12.1 Å². The Morgan fingerprint density at radius 3 is 1.98 bits per heavy atom. The Balaban J connectivity index is 1.28. The molecule has 4 aromatic rings. The molecule has 0 bridgehead atoms. The number of anilines is 2. The van der Waals surface area contributed by atoms with E-state index in [2.05, 4.69) is 102 Å². The predicted octanol–water partition coefficient (Wildman–Crippen LogP) is 7.48. The van der Waals surface area contributed by atoms with Crippen molar-refractivity contribution >= 4 is 57.2 Å². The lowest BCUT2D eigenvalue weighted by Gasteiger charge is -2.41. The van der Waals surface area contributed by atoms with Crippen LogP contribution in [0.3, 0.4) is 0 Å². The number of hydrogen-bond acceptors (Lipinski definition) is 5. The Kier molecular flexibility index (Phi) is 11.3. The molecule has 1 saturated heterocycles. The average molecular weight is 726 g/mol. The third kappa shape index (κ3) is 8.09. The fourth-order valence-electron chi connectivity index (χ4n) is 7.40. The highest BCUT2D eigenvalue weighted by Crippen LogP contribution is 2.39. The predicted molar refractivity (Wildman–Crippen MR) is 216 cm³/mol. The van der Waals surface area contributed by atoms with Gasteiger partial charge in [0.2, 0.25) is 0 Å². The lowest BCUT2D eigenvalue weighted by molar-refractivity contribution is 0.415. The van der Waals surface area contributed by atoms with Gasteiger partial charge in [-0.25, -0.2) is 13.0 Å². The molecule has 1 aliphatic heterocycles. The molecule has 0 spiro atoms. The van der Waals surface area contributed by atoms with E-state index in [-0.39, 0.29) is 17.1 Å². The second-order valence-corrected chi connectivity index (χ2v) is 21.5. The van der Waals surface area contributed by atoms with E-state index in [9.17, 15) is 0 Å². The first-order chi connectivity index (χ1) is 24.1. The minimum Gasteiger partial charge on any atom is -0.497 e. The highest BCUT2D eigenvalue weighted by atomic mass is 32.2. The van der Waals surface area contributed by atoms with Gasteiger partial charge < -0.3 is 20.3 Å². The number of ether oxygens (including phenoxy) is 1. The van der Waals surface area contributed by atoms with Gasteiger partial charge in [-0.2, -0.15) is 0 Å². The van der Waals surface area contributed by atoms with Crippen LogP contribution in [0.1, 0.15) is 59.3 Å². The zero-order chi connectivity index (χ0) is 35.2. The molecule has 2 fully saturated rings. The maximum absolute atomic E-state index is 15.7. The molecule has 1 heterocycles. The average Bonchev–Trinajstić information content (AvgIpc) is 3.60. The number of nitrogens with zero attached hydrogens (tertiary/aromatic N) is 2. The van der Waals surface area contributed by atoms with Gasteiger partial charge in [0.15, 0.2) is 5.11 Å². The summed E-state index contributed by atoms with van der Waals surface area (Å²) >= 11 is 5.76. The molecule has 0 amide bonds. The van der Waals surface area contributed by atoms with Gasteiger partial charge in [0.1, 0.15) is 15.7 Å². The smallest absolute Gasteiger partial charge is 0.262 e. The normalized spacial score (nSPS) is 18.2. The molecule has 2 atom stereocenters. The van der Waals surface area contributed by atoms with Crippen LogP contribution in [0.15, 0.2) is 118 Å². The fourth-order valence-corrected chi connectivity index (χ4v) is 16.5. The summed E-state index contributed by atoms with van der Waals surface area (Å²) in [6, 6.07) is 37.6. The maximum atomic E-state index is 15.7. The Labute approximate surface area is 305 Å². The van der Waals surface area contributed by atoms with Gasteiger partial charge >= 0.3 is 0 Å². The molecule has 1 aliphatic carbocycles. The van der Waals surface area contributed by atoms with Crippen LogP contribution in [0.4, 0.5) is 11.4 Å². The summed E-state index contributed by atoms with van der Waals surface area (Å²) in [5.41, 5.74) is 2.03. The summed E-state index contributed by atoms with van der Waals surface area (Å²) in [7, 11) is -4.39. The fraction of sp³-hybridized carbons (Fsp3) is 0.375. The van der Waals surface area contributed by atoms with Gasteiger partial charge in [0.05, 0.1) is 12.0 Å². The lowest BCUT2D eigenvalue weighted by Crippen LogP contribution is -2.64. The number of thiocarbonyl (C=S) groups is 1. The molecular formula is C40H51N5O2S2Si. The van der Waals surface area contributed by atoms with Gasteiger partial charge in [-0.3, -0.25) is 0 Å². The number of methoxy groups -OCH3 is 1. The Bertz CT molecular complexity index is 1800. The van der Waals surface area contributed by atoms with Crippen molar-refractivity contribution in [1.29, 1.82) is 0 Å². The first kappa shape index (κ1) is 36.1. The second kappa shape index (κ2) is 15.7. The molecule has 264 valence electrons. The summed E-state index contributed by atoms with van der Waals surface area (Å²) in [6.45, 7) is 8.59. The summed E-state index contributed by atoms with van der Waals surface area (Å²) < 4.78 is 30.4. The molecule has 2 aliphatic rings. The standard InChI is InChI=1S/C40H51N5O2S2Si/c1-40(2,3)50(37-16-10-6-11-17-37,38-18-12-7-13-19-38)44-49(46,43-32-14-8-5-9-15-32)36-26-20-31(21-27-36)41-39(48)42-33-28-29-45(30-33)34-22-24-35(47-4)25-23-34/h6-7,10-13,16-27,32-33H,5,8-9,14-15,28-30H2,1-4H3,(H2,41,42,48)(H,43,44,46). The molecule has 2 unspecified atom stereocenters. The zero-order valence-electron chi connectivity index (χ0n) is 29.7. The van der Waals surface area contributed by atoms with Gasteiger partial charge in [-0.05, 0) is 95.4 Å². The van der Waals surface area contributed by atoms with Crippen LogP contribution in [0, 0.1) is 0 Å². The van der Waals surface area contributed by atoms with Crippen LogP contribution in [0.2, 0.25) is 5.04 Å². The van der Waals surface area contributed by atoms with Crippen LogP contribution in [-0.4, -0.2) is 49.8 Å². The van der Waals surface area contributed by atoms with E-state index in [1.807, 2.05) is 48.5 Å². The van der Waals surface area contributed by atoms with Crippen molar-refractivity contribution in [2.75, 3.05) is 30.4 Å². The number of hydrogen-bond donors (Lipinski definition) is 3. The number of nitrogens with one attached hydrogen (secondary N) is 3. The maximum Gasteiger partial charge on any atom is 0.262 e. The van der Waals surface area contributed by atoms with Gasteiger partial charge in [-0.15, -0.1) is 0 Å². The highest BCUT2D eigenvalue weighted by Gasteiger charge is 2.50. The molecular weight excluding hydrogens is 675 g/mol. The van der Waals surface area contributed by atoms with Crippen molar-refractivity contribution in [2.24, 2.45) is 4.03 Å². The van der Waals surface area contributed by atoms with Crippen LogP contribution >= 0.6 is 12.2 Å². The van der Waals surface area contributed by atoms with Gasteiger partial charge in [-0.1, -0.05) is 101 Å². The summed E-state index contributed by atoms with van der Waals surface area (Å²) in [4.78, 5) is 3.06. The summed E-state index contributed by atoms with van der Waals surface area (Å²) in [6.07, 6.45) is 6.50. The van der Waals surface area contributed by atoms with Crippen molar-refractivity contribution in [1.82, 2.24) is 10.0 Å². The topological polar surface area (TPSA) is 78.0 Å². The van der Waals surface area contributed by atoms with E-state index in [4.69, 9.17) is 21.0 Å². The first-order valence-corrected chi connectivity index (χ1v) is 21.7. The van der Waals surface area contributed by atoms with E-state index in [0.717, 1.165) is 67.0 Å². The number of rotatable bonds is 10. The Morgan fingerprint density at radius 1 is 0.820 bits per heavy atom.